The van der Waals surface area contributed by atoms with E-state index in [-0.39, 0.29) is 30.3 Å². The van der Waals surface area contributed by atoms with Crippen molar-refractivity contribution < 1.29 is 19.1 Å². The van der Waals surface area contributed by atoms with Gasteiger partial charge in [0.1, 0.15) is 6.61 Å². The maximum absolute atomic E-state index is 12.6. The number of amides is 3. The number of hydrogen-bond acceptors (Lipinski definition) is 4. The first-order valence-corrected chi connectivity index (χ1v) is 10.5. The maximum Gasteiger partial charge on any atom is 0.317 e. The Balaban J connectivity index is 1.44. The van der Waals surface area contributed by atoms with Gasteiger partial charge in [-0.1, -0.05) is 19.3 Å². The molecule has 0 bridgehead atoms. The van der Waals surface area contributed by atoms with Crippen LogP contribution in [0, 0.1) is 0 Å². The van der Waals surface area contributed by atoms with Crippen LogP contribution in [0.15, 0.2) is 0 Å². The van der Waals surface area contributed by atoms with E-state index in [4.69, 9.17) is 9.47 Å². The Labute approximate surface area is 162 Å². The highest BCUT2D eigenvalue weighted by atomic mass is 16.5. The van der Waals surface area contributed by atoms with E-state index >= 15 is 0 Å². The van der Waals surface area contributed by atoms with Crippen LogP contribution in [0.3, 0.4) is 0 Å². The fraction of sp³-hybridized carbons (Fsp3) is 0.900. The van der Waals surface area contributed by atoms with Gasteiger partial charge in [0, 0.05) is 46.3 Å². The smallest absolute Gasteiger partial charge is 0.317 e. The summed E-state index contributed by atoms with van der Waals surface area (Å²) in [7, 11) is 3.48. The van der Waals surface area contributed by atoms with E-state index in [0.29, 0.717) is 12.6 Å². The van der Waals surface area contributed by atoms with E-state index in [1.165, 1.54) is 19.3 Å². The fourth-order valence-electron chi connectivity index (χ4n) is 4.42. The standard InChI is InChI=1S/C20H35N3O4/c1-22(2)18(24)15-26-17-8-13-27-20(14-17)9-11-23(12-10-20)19(25)21-16-6-4-3-5-7-16/h16-17H,3-15H2,1-2H3,(H,21,25). The topological polar surface area (TPSA) is 71.1 Å². The van der Waals surface area contributed by atoms with Crippen LogP contribution in [0.25, 0.3) is 0 Å². The van der Waals surface area contributed by atoms with Crippen LogP contribution >= 0.6 is 0 Å². The molecule has 0 radical (unpaired) electrons. The number of nitrogens with zero attached hydrogens (tertiary/aromatic N) is 2. The molecule has 154 valence electrons. The molecule has 2 saturated heterocycles. The summed E-state index contributed by atoms with van der Waals surface area (Å²) in [4.78, 5) is 27.8. The third-order valence-corrected chi connectivity index (χ3v) is 6.28. The van der Waals surface area contributed by atoms with Gasteiger partial charge in [-0.2, -0.15) is 0 Å². The van der Waals surface area contributed by atoms with Crippen molar-refractivity contribution in [2.45, 2.75) is 75.5 Å². The number of likely N-dealkylation sites (tertiary alicyclic amines) is 1. The predicted molar refractivity (Wildman–Crippen MR) is 103 cm³/mol. The quantitative estimate of drug-likeness (QED) is 0.810. The molecule has 0 aromatic carbocycles. The molecule has 1 atom stereocenters. The van der Waals surface area contributed by atoms with Crippen LogP contribution in [0.1, 0.15) is 57.8 Å². The lowest BCUT2D eigenvalue weighted by Gasteiger charge is -2.46. The number of likely N-dealkylation sites (N-methyl/N-ethyl adjacent to an activating group) is 1. The lowest BCUT2D eigenvalue weighted by atomic mass is 9.83. The fourth-order valence-corrected chi connectivity index (χ4v) is 4.42. The summed E-state index contributed by atoms with van der Waals surface area (Å²) < 4.78 is 12.0. The van der Waals surface area contributed by atoms with Gasteiger partial charge in [-0.3, -0.25) is 4.79 Å². The third-order valence-electron chi connectivity index (χ3n) is 6.28. The molecule has 0 aromatic rings. The van der Waals surface area contributed by atoms with Crippen molar-refractivity contribution in [3.05, 3.63) is 0 Å². The molecule has 27 heavy (non-hydrogen) atoms. The number of nitrogens with one attached hydrogen (secondary N) is 1. The van der Waals surface area contributed by atoms with Crippen molar-refractivity contribution in [2.75, 3.05) is 40.4 Å². The van der Waals surface area contributed by atoms with Crippen molar-refractivity contribution in [2.24, 2.45) is 0 Å². The summed E-state index contributed by atoms with van der Waals surface area (Å²) in [5.74, 6) is -0.00950. The molecule has 0 aromatic heterocycles. The second kappa shape index (κ2) is 9.24. The SMILES string of the molecule is CN(C)C(=O)COC1CCOC2(CCN(C(=O)NC3CCCCC3)CC2)C1. The van der Waals surface area contributed by atoms with E-state index < -0.39 is 0 Å². The van der Waals surface area contributed by atoms with Crippen molar-refractivity contribution in [3.63, 3.8) is 0 Å². The molecular weight excluding hydrogens is 346 g/mol. The first-order chi connectivity index (χ1) is 13.0. The molecular formula is C20H35N3O4. The second-order valence-corrected chi connectivity index (χ2v) is 8.52. The lowest BCUT2D eigenvalue weighted by molar-refractivity contribution is -0.160. The Morgan fingerprint density at radius 3 is 2.52 bits per heavy atom. The third kappa shape index (κ3) is 5.57. The van der Waals surface area contributed by atoms with Crippen LogP contribution < -0.4 is 5.32 Å². The molecule has 1 unspecified atom stereocenters. The Kier molecular flexibility index (Phi) is 6.98. The molecule has 1 spiro atoms. The minimum atomic E-state index is -0.203. The average Bonchev–Trinajstić information content (AvgIpc) is 2.67. The molecule has 7 heteroatoms. The van der Waals surface area contributed by atoms with Gasteiger partial charge in [-0.15, -0.1) is 0 Å². The minimum Gasteiger partial charge on any atom is -0.375 e. The first-order valence-electron chi connectivity index (χ1n) is 10.5. The van der Waals surface area contributed by atoms with Crippen LogP contribution in [0.5, 0.6) is 0 Å². The predicted octanol–water partition coefficient (Wildman–Crippen LogP) is 2.15. The van der Waals surface area contributed by atoms with E-state index in [9.17, 15) is 9.59 Å². The highest BCUT2D eigenvalue weighted by Gasteiger charge is 2.41. The van der Waals surface area contributed by atoms with Gasteiger partial charge < -0.3 is 24.6 Å². The lowest BCUT2D eigenvalue weighted by Crippen LogP contribution is -2.55. The number of carbonyl (C=O) groups excluding carboxylic acids is 2. The highest BCUT2D eigenvalue weighted by molar-refractivity contribution is 5.76. The number of rotatable bonds is 4. The number of piperidine rings is 1. The Hall–Kier alpha value is -1.34. The summed E-state index contributed by atoms with van der Waals surface area (Å²) in [5.41, 5.74) is -0.203. The largest absolute Gasteiger partial charge is 0.375 e. The zero-order valence-electron chi connectivity index (χ0n) is 16.9. The van der Waals surface area contributed by atoms with Crippen molar-refractivity contribution in [3.8, 4) is 0 Å². The van der Waals surface area contributed by atoms with Crippen LogP contribution in [-0.2, 0) is 14.3 Å². The summed E-state index contributed by atoms with van der Waals surface area (Å²) in [5, 5.41) is 3.21. The number of ether oxygens (including phenoxy) is 2. The zero-order valence-corrected chi connectivity index (χ0v) is 16.9. The molecule has 7 nitrogen and oxygen atoms in total. The Morgan fingerprint density at radius 2 is 1.85 bits per heavy atom. The molecule has 3 fully saturated rings. The van der Waals surface area contributed by atoms with Gasteiger partial charge in [-0.25, -0.2) is 4.79 Å². The van der Waals surface area contributed by atoms with Gasteiger partial charge in [0.2, 0.25) is 5.91 Å². The van der Waals surface area contributed by atoms with Gasteiger partial charge in [0.25, 0.3) is 0 Å². The van der Waals surface area contributed by atoms with Gasteiger partial charge >= 0.3 is 6.03 Å². The zero-order chi connectivity index (χ0) is 19.3. The highest BCUT2D eigenvalue weighted by Crippen LogP contribution is 2.36. The summed E-state index contributed by atoms with van der Waals surface area (Å²) in [6.45, 7) is 2.24. The Morgan fingerprint density at radius 1 is 1.15 bits per heavy atom. The van der Waals surface area contributed by atoms with E-state index in [1.807, 2.05) is 4.90 Å². The first kappa shape index (κ1) is 20.4. The second-order valence-electron chi connectivity index (χ2n) is 8.52. The summed E-state index contributed by atoms with van der Waals surface area (Å²) in [6, 6.07) is 0.428. The van der Waals surface area contributed by atoms with Gasteiger partial charge in [-0.05, 0) is 32.1 Å². The van der Waals surface area contributed by atoms with Crippen molar-refractivity contribution in [1.82, 2.24) is 15.1 Å². The molecule has 1 N–H and O–H groups in total. The van der Waals surface area contributed by atoms with Gasteiger partial charge in [0.15, 0.2) is 0 Å². The normalized spacial score (nSPS) is 26.0. The molecule has 3 aliphatic rings. The maximum atomic E-state index is 12.6. The van der Waals surface area contributed by atoms with E-state index in [2.05, 4.69) is 5.32 Å². The average molecular weight is 382 g/mol. The molecule has 2 aliphatic heterocycles. The summed E-state index contributed by atoms with van der Waals surface area (Å²) >= 11 is 0. The van der Waals surface area contributed by atoms with E-state index in [0.717, 1.165) is 51.6 Å². The van der Waals surface area contributed by atoms with Crippen LogP contribution in [0.4, 0.5) is 4.79 Å². The van der Waals surface area contributed by atoms with Crippen molar-refractivity contribution in [1.29, 1.82) is 0 Å². The molecule has 1 saturated carbocycles. The number of carbonyl (C=O) groups is 2. The van der Waals surface area contributed by atoms with E-state index in [1.54, 1.807) is 19.0 Å². The number of hydrogen-bond donors (Lipinski definition) is 1. The molecule has 1 aliphatic carbocycles. The van der Waals surface area contributed by atoms with Crippen LogP contribution in [0.2, 0.25) is 0 Å². The minimum absolute atomic E-state index is 0.00950. The van der Waals surface area contributed by atoms with Gasteiger partial charge in [0.05, 0.1) is 11.7 Å². The van der Waals surface area contributed by atoms with Crippen LogP contribution in [-0.4, -0.2) is 79.9 Å². The molecule has 3 amide bonds. The van der Waals surface area contributed by atoms with Crippen molar-refractivity contribution >= 4 is 11.9 Å². The Bertz CT molecular complexity index is 511. The monoisotopic (exact) mass is 381 g/mol. The molecule has 3 rings (SSSR count). The number of urea groups is 1. The summed E-state index contributed by atoms with van der Waals surface area (Å²) in [6.07, 6.45) is 9.33. The molecule has 2 heterocycles.